The topological polar surface area (TPSA) is 68.2 Å². The van der Waals surface area contributed by atoms with Crippen LogP contribution in [0.2, 0.25) is 0 Å². The molecule has 0 saturated carbocycles. The molecule has 2 aliphatic rings. The molecule has 1 aromatic heterocycles. The summed E-state index contributed by atoms with van der Waals surface area (Å²) in [6, 6.07) is 6.88. The first-order valence-electron chi connectivity index (χ1n) is 9.52. The minimum Gasteiger partial charge on any atom is -0.379 e. The largest absolute Gasteiger partial charge is 0.379 e. The molecule has 0 spiro atoms. The van der Waals surface area contributed by atoms with Gasteiger partial charge in [-0.2, -0.15) is 10.4 Å². The van der Waals surface area contributed by atoms with E-state index in [0.717, 1.165) is 58.8 Å². The molecule has 0 radical (unpaired) electrons. The van der Waals surface area contributed by atoms with Crippen molar-refractivity contribution in [2.75, 3.05) is 44.3 Å². The van der Waals surface area contributed by atoms with E-state index in [0.29, 0.717) is 11.6 Å². The van der Waals surface area contributed by atoms with Gasteiger partial charge in [0.25, 0.3) is 0 Å². The molecule has 1 aromatic carbocycles. The van der Waals surface area contributed by atoms with Crippen LogP contribution in [0.1, 0.15) is 35.6 Å². The number of hydrogen-bond acceptors (Lipinski definition) is 5. The maximum absolute atomic E-state index is 14.0. The lowest BCUT2D eigenvalue weighted by Gasteiger charge is -2.35. The highest BCUT2D eigenvalue weighted by molar-refractivity contribution is 5.60. The molecule has 2 saturated heterocycles. The van der Waals surface area contributed by atoms with Crippen LogP contribution in [0.4, 0.5) is 10.1 Å². The zero-order valence-corrected chi connectivity index (χ0v) is 15.3. The van der Waals surface area contributed by atoms with E-state index >= 15 is 0 Å². The molecule has 2 fully saturated rings. The van der Waals surface area contributed by atoms with E-state index < -0.39 is 5.82 Å². The first kappa shape index (κ1) is 18.0. The highest BCUT2D eigenvalue weighted by atomic mass is 19.1. The Bertz CT molecular complexity index is 824. The number of nitriles is 1. The molecule has 0 amide bonds. The second-order valence-electron chi connectivity index (χ2n) is 7.23. The summed E-state index contributed by atoms with van der Waals surface area (Å²) in [5, 5.41) is 16.9. The summed E-state index contributed by atoms with van der Waals surface area (Å²) in [5.74, 6) is -0.154. The number of halogens is 1. The quantitative estimate of drug-likeness (QED) is 0.897. The fourth-order valence-electron chi connectivity index (χ4n) is 4.12. The number of ether oxygens (including phenoxy) is 1. The number of nitrogens with zero attached hydrogens (tertiary/aromatic N) is 4. The van der Waals surface area contributed by atoms with E-state index in [9.17, 15) is 9.65 Å². The normalized spacial score (nSPS) is 21.2. The highest BCUT2D eigenvalue weighted by Gasteiger charge is 2.27. The van der Waals surface area contributed by atoms with Crippen molar-refractivity contribution in [1.29, 1.82) is 5.26 Å². The van der Waals surface area contributed by atoms with E-state index in [1.165, 1.54) is 17.3 Å². The highest BCUT2D eigenvalue weighted by Crippen LogP contribution is 2.33. The number of nitrogens with one attached hydrogen (secondary N) is 1. The lowest BCUT2D eigenvalue weighted by Crippen LogP contribution is -2.37. The summed E-state index contributed by atoms with van der Waals surface area (Å²) in [6.07, 6.45) is 3.99. The zero-order valence-electron chi connectivity index (χ0n) is 15.3. The molecule has 0 unspecified atom stereocenters. The lowest BCUT2D eigenvalue weighted by molar-refractivity contribution is 0.0340. The minimum absolute atomic E-state index is 0.135. The Balaban J connectivity index is 1.52. The van der Waals surface area contributed by atoms with Gasteiger partial charge in [-0.25, -0.2) is 4.39 Å². The van der Waals surface area contributed by atoms with Gasteiger partial charge >= 0.3 is 0 Å². The molecule has 2 aliphatic heterocycles. The number of aromatic nitrogens is 2. The summed E-state index contributed by atoms with van der Waals surface area (Å²) in [5.41, 5.74) is 3.22. The van der Waals surface area contributed by atoms with Gasteiger partial charge in [-0.15, -0.1) is 0 Å². The first-order chi connectivity index (χ1) is 13.3. The van der Waals surface area contributed by atoms with Gasteiger partial charge in [0.15, 0.2) is 0 Å². The molecule has 27 heavy (non-hydrogen) atoms. The first-order valence-corrected chi connectivity index (χ1v) is 9.52. The predicted octanol–water partition coefficient (Wildman–Crippen LogP) is 2.64. The van der Waals surface area contributed by atoms with Crippen LogP contribution in [-0.4, -0.2) is 54.5 Å². The number of aromatic amines is 1. The lowest BCUT2D eigenvalue weighted by atomic mass is 9.91. The Labute approximate surface area is 158 Å². The van der Waals surface area contributed by atoms with Crippen molar-refractivity contribution in [3.8, 4) is 6.07 Å². The number of benzene rings is 1. The van der Waals surface area contributed by atoms with E-state index in [1.54, 1.807) is 6.07 Å². The van der Waals surface area contributed by atoms with E-state index in [-0.39, 0.29) is 5.56 Å². The van der Waals surface area contributed by atoms with E-state index in [4.69, 9.17) is 4.74 Å². The third-order valence-corrected chi connectivity index (χ3v) is 5.52. The number of piperidine rings is 1. The molecular formula is C20H24FN5O. The molecule has 0 aliphatic carbocycles. The molecule has 1 atom stereocenters. The maximum Gasteiger partial charge on any atom is 0.143 e. The molecule has 0 bridgehead atoms. The standard InChI is InChI=1S/C20H24FN5O/c21-18-4-1-5-19(17(18)11-22)26-6-2-3-15(14-26)20-16(12-23-24-20)13-25-7-9-27-10-8-25/h1,4-5,12,15H,2-3,6-10,13-14H2,(H,23,24)/t15-/m1/s1. The molecule has 1 N–H and O–H groups in total. The third kappa shape index (κ3) is 3.82. The summed E-state index contributed by atoms with van der Waals surface area (Å²) in [4.78, 5) is 4.52. The molecule has 2 aromatic rings. The number of rotatable bonds is 4. The molecular weight excluding hydrogens is 345 g/mol. The van der Waals surface area contributed by atoms with Gasteiger partial charge in [0.1, 0.15) is 17.4 Å². The molecule has 4 rings (SSSR count). The van der Waals surface area contributed by atoms with Gasteiger partial charge in [-0.1, -0.05) is 6.07 Å². The minimum atomic E-state index is -0.452. The van der Waals surface area contributed by atoms with Gasteiger partial charge in [-0.3, -0.25) is 10.00 Å². The van der Waals surface area contributed by atoms with Gasteiger partial charge < -0.3 is 9.64 Å². The van der Waals surface area contributed by atoms with Crippen LogP contribution in [0.3, 0.4) is 0 Å². The number of H-pyrrole nitrogens is 1. The zero-order chi connectivity index (χ0) is 18.6. The molecule has 6 nitrogen and oxygen atoms in total. The van der Waals surface area contributed by atoms with Crippen LogP contribution in [0.25, 0.3) is 0 Å². The number of anilines is 1. The molecule has 3 heterocycles. The summed E-state index contributed by atoms with van der Waals surface area (Å²) >= 11 is 0. The smallest absolute Gasteiger partial charge is 0.143 e. The monoisotopic (exact) mass is 369 g/mol. The maximum atomic E-state index is 14.0. The molecule has 7 heteroatoms. The van der Waals surface area contributed by atoms with Crippen molar-refractivity contribution < 1.29 is 9.13 Å². The van der Waals surface area contributed by atoms with Crippen molar-refractivity contribution in [2.24, 2.45) is 0 Å². The average molecular weight is 369 g/mol. The SMILES string of the molecule is N#Cc1c(F)cccc1N1CCC[C@@H](c2[nH]ncc2CN2CCOCC2)C1. The Morgan fingerprint density at radius 1 is 1.30 bits per heavy atom. The summed E-state index contributed by atoms with van der Waals surface area (Å²) in [6.45, 7) is 5.90. The van der Waals surface area contributed by atoms with E-state index in [1.807, 2.05) is 18.3 Å². The van der Waals surface area contributed by atoms with Crippen LogP contribution < -0.4 is 4.90 Å². The van der Waals surface area contributed by atoms with Crippen LogP contribution in [-0.2, 0) is 11.3 Å². The van der Waals surface area contributed by atoms with Gasteiger partial charge in [0.2, 0.25) is 0 Å². The van der Waals surface area contributed by atoms with Crippen molar-refractivity contribution in [1.82, 2.24) is 15.1 Å². The number of hydrogen-bond donors (Lipinski definition) is 1. The van der Waals surface area contributed by atoms with Crippen molar-refractivity contribution >= 4 is 5.69 Å². The van der Waals surface area contributed by atoms with Crippen molar-refractivity contribution in [2.45, 2.75) is 25.3 Å². The second-order valence-corrected chi connectivity index (χ2v) is 7.23. The van der Waals surface area contributed by atoms with E-state index in [2.05, 4.69) is 20.0 Å². The Hall–Kier alpha value is -2.43. The van der Waals surface area contributed by atoms with Crippen LogP contribution in [0.15, 0.2) is 24.4 Å². The summed E-state index contributed by atoms with van der Waals surface area (Å²) in [7, 11) is 0. The van der Waals surface area contributed by atoms with Gasteiger partial charge in [0.05, 0.1) is 25.1 Å². The summed E-state index contributed by atoms with van der Waals surface area (Å²) < 4.78 is 19.5. The Kier molecular flexibility index (Phi) is 5.37. The molecule has 142 valence electrons. The Morgan fingerprint density at radius 3 is 2.96 bits per heavy atom. The van der Waals surface area contributed by atoms with Crippen LogP contribution in [0.5, 0.6) is 0 Å². The van der Waals surface area contributed by atoms with Crippen molar-refractivity contribution in [3.63, 3.8) is 0 Å². The third-order valence-electron chi connectivity index (χ3n) is 5.52. The van der Waals surface area contributed by atoms with Crippen LogP contribution >= 0.6 is 0 Å². The fourth-order valence-corrected chi connectivity index (χ4v) is 4.12. The fraction of sp³-hybridized carbons (Fsp3) is 0.500. The van der Waals surface area contributed by atoms with Crippen molar-refractivity contribution in [3.05, 3.63) is 47.0 Å². The predicted molar refractivity (Wildman–Crippen MR) is 100.0 cm³/mol. The van der Waals surface area contributed by atoms with Gasteiger partial charge in [0, 0.05) is 49.9 Å². The average Bonchev–Trinajstić information content (AvgIpc) is 3.17. The Morgan fingerprint density at radius 2 is 2.15 bits per heavy atom. The number of morpholine rings is 1. The van der Waals surface area contributed by atoms with Gasteiger partial charge in [-0.05, 0) is 25.0 Å². The van der Waals surface area contributed by atoms with Crippen LogP contribution in [0, 0.1) is 17.1 Å². The second kappa shape index (κ2) is 8.07.